The number of alkyl halides is 1. The van der Waals surface area contributed by atoms with Crippen LogP contribution in [0.15, 0.2) is 23.1 Å². The second kappa shape index (κ2) is 6.46. The van der Waals surface area contributed by atoms with Gasteiger partial charge in [0.1, 0.15) is 17.4 Å². The van der Waals surface area contributed by atoms with Crippen molar-refractivity contribution in [1.29, 1.82) is 0 Å². The SMILES string of the molecule is Cn1c(=O)n(C2CNCC2F)c2nc(Nc3cc4c(cc3Cl)OCC4)ncc21. The maximum Gasteiger partial charge on any atom is 0.330 e. The summed E-state index contributed by atoms with van der Waals surface area (Å²) in [6.45, 7) is 1.23. The van der Waals surface area contributed by atoms with Crippen molar-refractivity contribution in [1.82, 2.24) is 24.4 Å². The van der Waals surface area contributed by atoms with Crippen molar-refractivity contribution in [2.45, 2.75) is 18.6 Å². The van der Waals surface area contributed by atoms with Gasteiger partial charge in [0.25, 0.3) is 0 Å². The minimum absolute atomic E-state index is 0.219. The minimum Gasteiger partial charge on any atom is -0.493 e. The highest BCUT2D eigenvalue weighted by molar-refractivity contribution is 6.33. The van der Waals surface area contributed by atoms with Gasteiger partial charge in [-0.2, -0.15) is 4.98 Å². The number of hydrogen-bond acceptors (Lipinski definition) is 6. The summed E-state index contributed by atoms with van der Waals surface area (Å²) in [5.74, 6) is 1.07. The van der Waals surface area contributed by atoms with E-state index in [1.54, 1.807) is 19.3 Å². The lowest BCUT2D eigenvalue weighted by Gasteiger charge is -2.13. The molecule has 1 fully saturated rings. The lowest BCUT2D eigenvalue weighted by atomic mass is 10.1. The number of fused-ring (bicyclic) bond motifs is 2. The molecule has 0 aliphatic carbocycles. The predicted molar refractivity (Wildman–Crippen MR) is 104 cm³/mol. The summed E-state index contributed by atoms with van der Waals surface area (Å²) in [6.07, 6.45) is 1.22. The number of aromatic nitrogens is 4. The Morgan fingerprint density at radius 3 is 3.04 bits per heavy atom. The van der Waals surface area contributed by atoms with E-state index in [1.165, 1.54) is 9.13 Å². The molecule has 2 atom stereocenters. The third kappa shape index (κ3) is 2.65. The van der Waals surface area contributed by atoms with Gasteiger partial charge >= 0.3 is 5.69 Å². The zero-order chi connectivity index (χ0) is 19.4. The highest BCUT2D eigenvalue weighted by Crippen LogP contribution is 2.35. The minimum atomic E-state index is -1.15. The van der Waals surface area contributed by atoms with Crippen LogP contribution in [-0.2, 0) is 13.5 Å². The largest absolute Gasteiger partial charge is 0.493 e. The second-order valence-electron chi connectivity index (χ2n) is 7.02. The van der Waals surface area contributed by atoms with E-state index >= 15 is 0 Å². The van der Waals surface area contributed by atoms with Crippen LogP contribution in [0, 0.1) is 0 Å². The number of rotatable bonds is 3. The molecule has 2 N–H and O–H groups in total. The molecule has 0 saturated carbocycles. The smallest absolute Gasteiger partial charge is 0.330 e. The number of nitrogens with one attached hydrogen (secondary N) is 2. The van der Waals surface area contributed by atoms with Crippen LogP contribution < -0.4 is 21.1 Å². The first-order chi connectivity index (χ1) is 13.5. The van der Waals surface area contributed by atoms with Gasteiger partial charge in [-0.05, 0) is 11.6 Å². The number of benzene rings is 1. The van der Waals surface area contributed by atoms with Gasteiger partial charge in [0, 0.05) is 32.6 Å². The zero-order valence-electron chi connectivity index (χ0n) is 15.1. The molecule has 2 aliphatic heterocycles. The Balaban J connectivity index is 1.58. The van der Waals surface area contributed by atoms with Gasteiger partial charge in [-0.15, -0.1) is 0 Å². The average Bonchev–Trinajstić information content (AvgIpc) is 3.35. The van der Waals surface area contributed by atoms with Crippen LogP contribution in [0.1, 0.15) is 11.6 Å². The highest BCUT2D eigenvalue weighted by Gasteiger charge is 2.32. The van der Waals surface area contributed by atoms with E-state index in [0.717, 1.165) is 17.7 Å². The Morgan fingerprint density at radius 1 is 1.39 bits per heavy atom. The number of halogens is 2. The summed E-state index contributed by atoms with van der Waals surface area (Å²) in [5, 5.41) is 6.57. The fourth-order valence-corrected chi connectivity index (χ4v) is 4.00. The molecule has 0 amide bonds. The molecule has 146 valence electrons. The van der Waals surface area contributed by atoms with Crippen LogP contribution in [0.3, 0.4) is 0 Å². The Bertz CT molecular complexity index is 1140. The first-order valence-corrected chi connectivity index (χ1v) is 9.41. The van der Waals surface area contributed by atoms with Crippen LogP contribution >= 0.6 is 11.6 Å². The lowest BCUT2D eigenvalue weighted by molar-refractivity contribution is 0.282. The number of nitrogens with zero attached hydrogens (tertiary/aromatic N) is 4. The molecule has 1 aromatic carbocycles. The Labute approximate surface area is 164 Å². The highest BCUT2D eigenvalue weighted by atomic mass is 35.5. The monoisotopic (exact) mass is 404 g/mol. The third-order valence-corrected chi connectivity index (χ3v) is 5.61. The summed E-state index contributed by atoms with van der Waals surface area (Å²) in [4.78, 5) is 21.5. The molecule has 10 heteroatoms. The van der Waals surface area contributed by atoms with Crippen molar-refractivity contribution in [2.75, 3.05) is 25.0 Å². The maximum atomic E-state index is 14.3. The molecule has 5 rings (SSSR count). The molecular weight excluding hydrogens is 387 g/mol. The summed E-state index contributed by atoms with van der Waals surface area (Å²) in [7, 11) is 1.63. The van der Waals surface area contributed by atoms with Gasteiger partial charge in [-0.3, -0.25) is 9.13 Å². The molecule has 2 aliphatic rings. The molecule has 3 aromatic rings. The lowest BCUT2D eigenvalue weighted by Crippen LogP contribution is -2.30. The second-order valence-corrected chi connectivity index (χ2v) is 7.43. The number of aryl methyl sites for hydroxylation is 1. The first kappa shape index (κ1) is 17.4. The van der Waals surface area contributed by atoms with Crippen molar-refractivity contribution in [3.8, 4) is 5.75 Å². The molecule has 28 heavy (non-hydrogen) atoms. The molecule has 4 heterocycles. The van der Waals surface area contributed by atoms with Crippen molar-refractivity contribution in [2.24, 2.45) is 7.05 Å². The summed E-state index contributed by atoms with van der Waals surface area (Å²) < 4.78 is 22.7. The van der Waals surface area contributed by atoms with Crippen LogP contribution in [0.4, 0.5) is 16.0 Å². The van der Waals surface area contributed by atoms with E-state index in [9.17, 15) is 9.18 Å². The third-order valence-electron chi connectivity index (χ3n) is 5.30. The van der Waals surface area contributed by atoms with Crippen LogP contribution in [0.2, 0.25) is 5.02 Å². The fraction of sp³-hybridized carbons (Fsp3) is 0.389. The van der Waals surface area contributed by atoms with E-state index in [0.29, 0.717) is 35.0 Å². The molecule has 0 radical (unpaired) electrons. The van der Waals surface area contributed by atoms with E-state index in [-0.39, 0.29) is 18.2 Å². The predicted octanol–water partition coefficient (Wildman–Crippen LogP) is 1.94. The normalized spacial score (nSPS) is 21.1. The standard InChI is InChI=1S/C18H18ClFN6O2/c1-25-14-8-22-17(23-12-4-9-2-3-28-15(9)5-10(12)19)24-16(14)26(18(25)27)13-7-21-6-11(13)20/h4-5,8,11,13,21H,2-3,6-7H2,1H3,(H,22,23,24). The van der Waals surface area contributed by atoms with E-state index in [2.05, 4.69) is 20.6 Å². The van der Waals surface area contributed by atoms with Crippen molar-refractivity contribution < 1.29 is 9.13 Å². The van der Waals surface area contributed by atoms with Gasteiger partial charge in [-0.25, -0.2) is 14.2 Å². The average molecular weight is 405 g/mol. The van der Waals surface area contributed by atoms with E-state index in [1.807, 2.05) is 6.07 Å². The number of ether oxygens (including phenoxy) is 1. The van der Waals surface area contributed by atoms with Gasteiger partial charge in [-0.1, -0.05) is 11.6 Å². The van der Waals surface area contributed by atoms with Gasteiger partial charge in [0.15, 0.2) is 5.65 Å². The van der Waals surface area contributed by atoms with Crippen molar-refractivity contribution >= 4 is 34.4 Å². The molecule has 1 saturated heterocycles. The number of hydrogen-bond donors (Lipinski definition) is 2. The molecule has 8 nitrogen and oxygen atoms in total. The Kier molecular flexibility index (Phi) is 4.02. The van der Waals surface area contributed by atoms with Crippen LogP contribution in [-0.4, -0.2) is 45.0 Å². The van der Waals surface area contributed by atoms with Gasteiger partial charge < -0.3 is 15.4 Å². The first-order valence-electron chi connectivity index (χ1n) is 9.04. The van der Waals surface area contributed by atoms with Crippen LogP contribution in [0.5, 0.6) is 5.75 Å². The van der Waals surface area contributed by atoms with E-state index < -0.39 is 12.2 Å². The summed E-state index contributed by atoms with van der Waals surface area (Å²) in [5.41, 5.74) is 2.33. The van der Waals surface area contributed by atoms with Crippen molar-refractivity contribution in [3.05, 3.63) is 39.4 Å². The van der Waals surface area contributed by atoms with Gasteiger partial charge in [0.05, 0.1) is 29.6 Å². The molecule has 0 spiro atoms. The fourth-order valence-electron chi connectivity index (χ4n) is 3.80. The van der Waals surface area contributed by atoms with Gasteiger partial charge in [0.2, 0.25) is 5.95 Å². The summed E-state index contributed by atoms with van der Waals surface area (Å²) >= 11 is 6.34. The molecule has 2 unspecified atom stereocenters. The quantitative estimate of drug-likeness (QED) is 0.694. The zero-order valence-corrected chi connectivity index (χ0v) is 15.8. The number of imidazole rings is 1. The number of anilines is 2. The maximum absolute atomic E-state index is 14.3. The Hall–Kier alpha value is -2.65. The topological polar surface area (TPSA) is 86.0 Å². The van der Waals surface area contributed by atoms with Crippen molar-refractivity contribution in [3.63, 3.8) is 0 Å². The Morgan fingerprint density at radius 2 is 2.25 bits per heavy atom. The summed E-state index contributed by atoms with van der Waals surface area (Å²) in [6, 6.07) is 3.08. The van der Waals surface area contributed by atoms with Crippen LogP contribution in [0.25, 0.3) is 11.2 Å². The van der Waals surface area contributed by atoms with E-state index in [4.69, 9.17) is 16.3 Å². The molecule has 2 aromatic heterocycles. The molecular formula is C18H18ClFN6O2. The molecule has 0 bridgehead atoms.